The minimum absolute atomic E-state index is 0.219. The molecule has 0 N–H and O–H groups in total. The van der Waals surface area contributed by atoms with Gasteiger partial charge in [-0.05, 0) is 55.0 Å². The van der Waals surface area contributed by atoms with E-state index in [0.717, 1.165) is 56.8 Å². The molecule has 0 saturated carbocycles. The number of carbonyl (C=O) groups excluding carboxylic acids is 1. The van der Waals surface area contributed by atoms with E-state index >= 15 is 0 Å². The predicted molar refractivity (Wildman–Crippen MR) is 102 cm³/mol. The van der Waals surface area contributed by atoms with Crippen LogP contribution in [0.25, 0.3) is 0 Å². The summed E-state index contributed by atoms with van der Waals surface area (Å²) >= 11 is 0. The van der Waals surface area contributed by atoms with Crippen LogP contribution >= 0.6 is 0 Å². The molecule has 144 valence electrons. The Morgan fingerprint density at radius 3 is 2.81 bits per heavy atom. The van der Waals surface area contributed by atoms with Gasteiger partial charge in [0.1, 0.15) is 5.75 Å². The number of fused-ring (bicyclic) bond motifs is 2. The number of aromatic nitrogens is 2. The molecule has 4 rings (SSSR count). The average Bonchev–Trinajstić information content (AvgIpc) is 3.11. The summed E-state index contributed by atoms with van der Waals surface area (Å²) in [4.78, 5) is 14.6. The number of amides is 1. The lowest BCUT2D eigenvalue weighted by Gasteiger charge is -2.45. The Hall–Kier alpha value is -2.34. The van der Waals surface area contributed by atoms with Crippen LogP contribution in [0.2, 0.25) is 0 Å². The van der Waals surface area contributed by atoms with Gasteiger partial charge >= 0.3 is 0 Å². The van der Waals surface area contributed by atoms with Crippen LogP contribution in [-0.4, -0.2) is 47.4 Å². The fourth-order valence-corrected chi connectivity index (χ4v) is 4.35. The van der Waals surface area contributed by atoms with Crippen molar-refractivity contribution in [2.45, 2.75) is 37.7 Å². The van der Waals surface area contributed by atoms with Crippen molar-refractivity contribution in [3.8, 4) is 5.75 Å². The molecule has 2 aromatic rings. The van der Waals surface area contributed by atoms with E-state index in [1.807, 2.05) is 28.8 Å². The van der Waals surface area contributed by atoms with Crippen molar-refractivity contribution in [2.24, 2.45) is 7.05 Å². The van der Waals surface area contributed by atoms with E-state index in [9.17, 15) is 4.79 Å². The van der Waals surface area contributed by atoms with Crippen LogP contribution in [0.5, 0.6) is 5.75 Å². The largest absolute Gasteiger partial charge is 0.497 e. The van der Waals surface area contributed by atoms with Crippen LogP contribution in [-0.2, 0) is 35.0 Å². The van der Waals surface area contributed by atoms with Crippen molar-refractivity contribution in [1.29, 1.82) is 0 Å². The Balaban J connectivity index is 1.40. The lowest BCUT2D eigenvalue weighted by atomic mass is 9.79. The van der Waals surface area contributed by atoms with Crippen LogP contribution in [0.3, 0.4) is 0 Å². The van der Waals surface area contributed by atoms with Gasteiger partial charge in [-0.2, -0.15) is 5.10 Å². The third kappa shape index (κ3) is 3.46. The molecule has 1 aromatic carbocycles. The Morgan fingerprint density at radius 2 is 2.11 bits per heavy atom. The number of carbonyl (C=O) groups is 1. The SMILES string of the molecule is COc1ccc2c(c1)CCOC21CCN(C(=O)CCc2ccnn2C)CC1. The van der Waals surface area contributed by atoms with Gasteiger partial charge < -0.3 is 14.4 Å². The number of likely N-dealkylation sites (tertiary alicyclic amines) is 1. The second kappa shape index (κ2) is 7.35. The summed E-state index contributed by atoms with van der Waals surface area (Å²) in [6.07, 6.45) is 5.66. The van der Waals surface area contributed by atoms with Gasteiger partial charge in [-0.1, -0.05) is 6.07 Å². The maximum atomic E-state index is 12.6. The molecule has 3 heterocycles. The van der Waals surface area contributed by atoms with Crippen LogP contribution in [0.4, 0.5) is 0 Å². The second-order valence-corrected chi connectivity index (χ2v) is 7.44. The second-order valence-electron chi connectivity index (χ2n) is 7.44. The van der Waals surface area contributed by atoms with E-state index in [1.54, 1.807) is 13.3 Å². The van der Waals surface area contributed by atoms with Crippen molar-refractivity contribution in [2.75, 3.05) is 26.8 Å². The number of benzene rings is 1. The summed E-state index contributed by atoms with van der Waals surface area (Å²) in [5.74, 6) is 1.12. The lowest BCUT2D eigenvalue weighted by Crippen LogP contribution is -2.48. The average molecular weight is 369 g/mol. The zero-order valence-electron chi connectivity index (χ0n) is 16.1. The lowest BCUT2D eigenvalue weighted by molar-refractivity contribution is -0.140. The van der Waals surface area contributed by atoms with E-state index in [0.29, 0.717) is 6.42 Å². The first kappa shape index (κ1) is 18.0. The maximum absolute atomic E-state index is 12.6. The predicted octanol–water partition coefficient (Wildman–Crippen LogP) is 2.45. The Labute approximate surface area is 160 Å². The molecule has 1 amide bonds. The summed E-state index contributed by atoms with van der Waals surface area (Å²) in [6.45, 7) is 2.22. The molecule has 0 unspecified atom stereocenters. The number of nitrogens with zero attached hydrogens (tertiary/aromatic N) is 3. The monoisotopic (exact) mass is 369 g/mol. The quantitative estimate of drug-likeness (QED) is 0.831. The molecule has 0 radical (unpaired) electrons. The first-order valence-corrected chi connectivity index (χ1v) is 9.67. The highest BCUT2D eigenvalue weighted by molar-refractivity contribution is 5.76. The van der Waals surface area contributed by atoms with Gasteiger partial charge in [0.2, 0.25) is 5.91 Å². The van der Waals surface area contributed by atoms with Gasteiger partial charge in [-0.3, -0.25) is 9.48 Å². The van der Waals surface area contributed by atoms with Crippen molar-refractivity contribution < 1.29 is 14.3 Å². The molecule has 1 spiro atoms. The van der Waals surface area contributed by atoms with E-state index < -0.39 is 0 Å². The number of rotatable bonds is 4. The third-order valence-electron chi connectivity index (χ3n) is 5.99. The zero-order valence-corrected chi connectivity index (χ0v) is 16.1. The van der Waals surface area contributed by atoms with Gasteiger partial charge in [0.15, 0.2) is 0 Å². The van der Waals surface area contributed by atoms with Crippen LogP contribution < -0.4 is 4.74 Å². The smallest absolute Gasteiger partial charge is 0.222 e. The third-order valence-corrected chi connectivity index (χ3v) is 5.99. The van der Waals surface area contributed by atoms with Gasteiger partial charge in [0, 0.05) is 38.4 Å². The van der Waals surface area contributed by atoms with Crippen LogP contribution in [0.1, 0.15) is 36.1 Å². The topological polar surface area (TPSA) is 56.6 Å². The summed E-state index contributed by atoms with van der Waals surface area (Å²) < 4.78 is 13.5. The maximum Gasteiger partial charge on any atom is 0.222 e. The molecular weight excluding hydrogens is 342 g/mol. The molecule has 1 saturated heterocycles. The highest BCUT2D eigenvalue weighted by atomic mass is 16.5. The van der Waals surface area contributed by atoms with Crippen molar-refractivity contribution in [3.63, 3.8) is 0 Å². The standard InChI is InChI=1S/C21H27N3O3/c1-23-17(7-11-22-23)3-6-20(25)24-12-9-21(10-13-24)19-5-4-18(26-2)15-16(19)8-14-27-21/h4-5,7,11,15H,3,6,8-10,12-14H2,1-2H3. The number of hydrogen-bond donors (Lipinski definition) is 0. The number of ether oxygens (including phenoxy) is 2. The van der Waals surface area contributed by atoms with Gasteiger partial charge in [-0.15, -0.1) is 0 Å². The summed E-state index contributed by atoms with van der Waals surface area (Å²) in [6, 6.07) is 8.26. The molecule has 0 aliphatic carbocycles. The van der Waals surface area contributed by atoms with Crippen molar-refractivity contribution in [1.82, 2.24) is 14.7 Å². The molecule has 2 aliphatic heterocycles. The Bertz CT molecular complexity index is 822. The molecule has 6 heteroatoms. The van der Waals surface area contributed by atoms with Gasteiger partial charge in [0.05, 0.1) is 19.3 Å². The molecule has 0 atom stereocenters. The first-order valence-electron chi connectivity index (χ1n) is 9.67. The van der Waals surface area contributed by atoms with E-state index in [4.69, 9.17) is 9.47 Å². The molecule has 1 fully saturated rings. The molecule has 6 nitrogen and oxygen atoms in total. The molecule has 2 aliphatic rings. The Kier molecular flexibility index (Phi) is 4.91. The number of aryl methyl sites for hydroxylation is 2. The summed E-state index contributed by atoms with van der Waals surface area (Å²) in [5.41, 5.74) is 3.43. The Morgan fingerprint density at radius 1 is 1.30 bits per heavy atom. The van der Waals surface area contributed by atoms with Gasteiger partial charge in [0.25, 0.3) is 0 Å². The van der Waals surface area contributed by atoms with Gasteiger partial charge in [-0.25, -0.2) is 0 Å². The molecular formula is C21H27N3O3. The first-order chi connectivity index (χ1) is 13.1. The van der Waals surface area contributed by atoms with Crippen molar-refractivity contribution in [3.05, 3.63) is 47.3 Å². The molecule has 27 heavy (non-hydrogen) atoms. The number of hydrogen-bond acceptors (Lipinski definition) is 4. The molecule has 1 aromatic heterocycles. The van der Waals surface area contributed by atoms with E-state index in [2.05, 4.69) is 17.2 Å². The van der Waals surface area contributed by atoms with Crippen LogP contribution in [0.15, 0.2) is 30.5 Å². The van der Waals surface area contributed by atoms with E-state index in [-0.39, 0.29) is 11.5 Å². The van der Waals surface area contributed by atoms with Crippen LogP contribution in [0, 0.1) is 0 Å². The van der Waals surface area contributed by atoms with Crippen molar-refractivity contribution >= 4 is 5.91 Å². The fourth-order valence-electron chi connectivity index (χ4n) is 4.35. The van der Waals surface area contributed by atoms with E-state index in [1.165, 1.54) is 11.1 Å². The fraction of sp³-hybridized carbons (Fsp3) is 0.524. The molecule has 0 bridgehead atoms. The summed E-state index contributed by atoms with van der Waals surface area (Å²) in [7, 11) is 3.61. The normalized spacial score (nSPS) is 18.4. The number of methoxy groups -OCH3 is 1. The highest BCUT2D eigenvalue weighted by Gasteiger charge is 2.41. The highest BCUT2D eigenvalue weighted by Crippen LogP contribution is 2.42. The minimum Gasteiger partial charge on any atom is -0.497 e. The number of piperidine rings is 1. The summed E-state index contributed by atoms with van der Waals surface area (Å²) in [5, 5.41) is 4.16. The zero-order chi connectivity index (χ0) is 18.9. The minimum atomic E-state index is -0.251.